The van der Waals surface area contributed by atoms with Crippen LogP contribution in [0, 0.1) is 11.8 Å². The van der Waals surface area contributed by atoms with E-state index in [1.807, 2.05) is 30.3 Å². The van der Waals surface area contributed by atoms with Crippen LogP contribution in [-0.4, -0.2) is 0 Å². The van der Waals surface area contributed by atoms with Crippen LogP contribution in [0.15, 0.2) is 54.1 Å². The van der Waals surface area contributed by atoms with E-state index in [0.29, 0.717) is 0 Å². The summed E-state index contributed by atoms with van der Waals surface area (Å²) in [4.78, 5) is 0. The molecule has 1 aliphatic rings. The van der Waals surface area contributed by atoms with E-state index in [1.54, 1.807) is 0 Å². The number of allylic oxidation sites excluding steroid dienone is 4. The number of hydrogen-bond donors (Lipinski definition) is 0. The Hall–Kier alpha value is -1.74. The molecule has 1 aliphatic carbocycles. The van der Waals surface area contributed by atoms with Gasteiger partial charge in [-0.15, -0.1) is 0 Å². The van der Waals surface area contributed by atoms with Gasteiger partial charge in [0.25, 0.3) is 0 Å². The number of hydrogen-bond acceptors (Lipinski definition) is 0. The van der Waals surface area contributed by atoms with Crippen LogP contribution in [0.25, 0.3) is 0 Å². The fourth-order valence-corrected chi connectivity index (χ4v) is 1.22. The van der Waals surface area contributed by atoms with Crippen LogP contribution in [0.4, 0.5) is 0 Å². The summed E-state index contributed by atoms with van der Waals surface area (Å²) >= 11 is 0. The van der Waals surface area contributed by atoms with Crippen LogP contribution >= 0.6 is 0 Å². The zero-order chi connectivity index (χ0) is 8.93. The molecule has 0 saturated carbocycles. The number of benzene rings is 1. The Morgan fingerprint density at radius 1 is 1.00 bits per heavy atom. The third-order valence-electron chi connectivity index (χ3n) is 1.90. The van der Waals surface area contributed by atoms with E-state index >= 15 is 0 Å². The topological polar surface area (TPSA) is 0 Å². The van der Waals surface area contributed by atoms with Crippen LogP contribution < -0.4 is 0 Å². The molecule has 0 aliphatic heterocycles. The fourth-order valence-electron chi connectivity index (χ4n) is 1.22. The molecule has 0 heterocycles. The second-order valence-electron chi connectivity index (χ2n) is 2.91. The van der Waals surface area contributed by atoms with Gasteiger partial charge in [-0.2, -0.15) is 0 Å². The molecule has 1 aromatic carbocycles. The SMILES string of the molecule is C(#Cc1ccccc1)C1=CCC=C1. The largest absolute Gasteiger partial charge is 0.0795 e. The van der Waals surface area contributed by atoms with Crippen molar-refractivity contribution < 1.29 is 0 Å². The zero-order valence-electron chi connectivity index (χ0n) is 7.33. The molecule has 2 rings (SSSR count). The van der Waals surface area contributed by atoms with E-state index in [1.165, 1.54) is 0 Å². The quantitative estimate of drug-likeness (QED) is 0.520. The van der Waals surface area contributed by atoms with Crippen LogP contribution in [0.3, 0.4) is 0 Å². The summed E-state index contributed by atoms with van der Waals surface area (Å²) in [6.07, 6.45) is 7.35. The molecule has 13 heavy (non-hydrogen) atoms. The smallest absolute Gasteiger partial charge is 0.0249 e. The minimum atomic E-state index is 1.03. The van der Waals surface area contributed by atoms with Crippen molar-refractivity contribution in [2.75, 3.05) is 0 Å². The molecule has 0 N–H and O–H groups in total. The van der Waals surface area contributed by atoms with Gasteiger partial charge in [-0.05, 0) is 18.6 Å². The van der Waals surface area contributed by atoms with Crippen molar-refractivity contribution in [1.82, 2.24) is 0 Å². The average Bonchev–Trinajstić information content (AvgIpc) is 2.69. The van der Waals surface area contributed by atoms with Crippen LogP contribution in [-0.2, 0) is 0 Å². The molecule has 0 amide bonds. The van der Waals surface area contributed by atoms with Gasteiger partial charge in [0.1, 0.15) is 0 Å². The zero-order valence-corrected chi connectivity index (χ0v) is 7.33. The molecule has 0 heteroatoms. The molecule has 62 valence electrons. The average molecular weight is 166 g/mol. The molecule has 0 atom stereocenters. The summed E-state index contributed by atoms with van der Waals surface area (Å²) in [5.74, 6) is 6.24. The van der Waals surface area contributed by atoms with Crippen molar-refractivity contribution in [3.8, 4) is 11.8 Å². The monoisotopic (exact) mass is 166 g/mol. The summed E-state index contributed by atoms with van der Waals surface area (Å²) in [6, 6.07) is 10.0. The van der Waals surface area contributed by atoms with Gasteiger partial charge in [0.2, 0.25) is 0 Å². The molecule has 0 bridgehead atoms. The van der Waals surface area contributed by atoms with E-state index in [2.05, 4.69) is 30.1 Å². The third-order valence-corrected chi connectivity index (χ3v) is 1.90. The van der Waals surface area contributed by atoms with Gasteiger partial charge in [0.05, 0.1) is 0 Å². The van der Waals surface area contributed by atoms with E-state index in [-0.39, 0.29) is 0 Å². The molecule has 0 saturated heterocycles. The second kappa shape index (κ2) is 3.78. The van der Waals surface area contributed by atoms with Crippen LogP contribution in [0.2, 0.25) is 0 Å². The molecule has 0 fully saturated rings. The maximum atomic E-state index is 3.12. The molecular weight excluding hydrogens is 156 g/mol. The molecule has 1 aromatic rings. The molecule has 0 radical (unpaired) electrons. The van der Waals surface area contributed by atoms with Crippen molar-refractivity contribution >= 4 is 0 Å². The van der Waals surface area contributed by atoms with E-state index in [9.17, 15) is 0 Å². The lowest BCUT2D eigenvalue weighted by atomic mass is 10.2. The van der Waals surface area contributed by atoms with Crippen molar-refractivity contribution in [1.29, 1.82) is 0 Å². The Kier molecular flexibility index (Phi) is 2.29. The molecule has 0 unspecified atom stereocenters. The highest BCUT2D eigenvalue weighted by Crippen LogP contribution is 2.07. The van der Waals surface area contributed by atoms with Gasteiger partial charge in [-0.1, -0.05) is 48.3 Å². The highest BCUT2D eigenvalue weighted by atomic mass is 13.9. The minimum absolute atomic E-state index is 1.03. The van der Waals surface area contributed by atoms with Crippen molar-refractivity contribution in [2.24, 2.45) is 0 Å². The first-order chi connectivity index (χ1) is 6.45. The summed E-state index contributed by atoms with van der Waals surface area (Å²) in [5, 5.41) is 0. The van der Waals surface area contributed by atoms with Crippen LogP contribution in [0.1, 0.15) is 12.0 Å². The Morgan fingerprint density at radius 2 is 1.85 bits per heavy atom. The maximum Gasteiger partial charge on any atom is 0.0249 e. The first-order valence-electron chi connectivity index (χ1n) is 4.39. The summed E-state index contributed by atoms with van der Waals surface area (Å²) in [5.41, 5.74) is 2.20. The first kappa shape index (κ1) is 7.89. The van der Waals surface area contributed by atoms with Gasteiger partial charge in [0, 0.05) is 11.1 Å². The van der Waals surface area contributed by atoms with Crippen molar-refractivity contribution in [2.45, 2.75) is 6.42 Å². The van der Waals surface area contributed by atoms with Gasteiger partial charge in [0.15, 0.2) is 0 Å². The lowest BCUT2D eigenvalue weighted by molar-refractivity contribution is 1.44. The Bertz CT molecular complexity index is 397. The van der Waals surface area contributed by atoms with Gasteiger partial charge >= 0.3 is 0 Å². The van der Waals surface area contributed by atoms with Gasteiger partial charge in [-0.3, -0.25) is 0 Å². The van der Waals surface area contributed by atoms with Crippen LogP contribution in [0.5, 0.6) is 0 Å². The predicted molar refractivity (Wildman–Crippen MR) is 55.2 cm³/mol. The number of rotatable bonds is 0. The third kappa shape index (κ3) is 2.10. The van der Waals surface area contributed by atoms with Crippen molar-refractivity contribution in [3.05, 3.63) is 59.7 Å². The fraction of sp³-hybridized carbons (Fsp3) is 0.0769. The summed E-state index contributed by atoms with van der Waals surface area (Å²) < 4.78 is 0. The predicted octanol–water partition coefficient (Wildman–Crippen LogP) is 2.92. The highest BCUT2D eigenvalue weighted by molar-refractivity contribution is 5.47. The van der Waals surface area contributed by atoms with E-state index < -0.39 is 0 Å². The standard InChI is InChI=1S/C13H10/c1-2-6-12(7-3-1)10-11-13-8-4-5-9-13/h1-4,6-9H,5H2. The Balaban J connectivity index is 2.17. The van der Waals surface area contributed by atoms with Gasteiger partial charge in [-0.25, -0.2) is 0 Å². The minimum Gasteiger partial charge on any atom is -0.0795 e. The van der Waals surface area contributed by atoms with Gasteiger partial charge < -0.3 is 0 Å². The summed E-state index contributed by atoms with van der Waals surface area (Å²) in [7, 11) is 0. The van der Waals surface area contributed by atoms with E-state index in [4.69, 9.17) is 0 Å². The lowest BCUT2D eigenvalue weighted by Gasteiger charge is -1.86. The molecule has 0 spiro atoms. The second-order valence-corrected chi connectivity index (χ2v) is 2.91. The Labute approximate surface area is 78.6 Å². The van der Waals surface area contributed by atoms with Crippen molar-refractivity contribution in [3.63, 3.8) is 0 Å². The summed E-state index contributed by atoms with van der Waals surface area (Å²) in [6.45, 7) is 0. The molecular formula is C13H10. The van der Waals surface area contributed by atoms with E-state index in [0.717, 1.165) is 17.6 Å². The molecule has 0 nitrogen and oxygen atoms in total. The highest BCUT2D eigenvalue weighted by Gasteiger charge is 1.90. The normalized spacial score (nSPS) is 13.4. The Morgan fingerprint density at radius 3 is 2.54 bits per heavy atom. The first-order valence-corrected chi connectivity index (χ1v) is 4.39. The lowest BCUT2D eigenvalue weighted by Crippen LogP contribution is -1.71. The maximum absolute atomic E-state index is 3.12. The molecule has 0 aromatic heterocycles.